The van der Waals surface area contributed by atoms with Gasteiger partial charge >= 0.3 is 0 Å². The van der Waals surface area contributed by atoms with Crippen molar-refractivity contribution in [2.45, 2.75) is 45.6 Å². The average Bonchev–Trinajstić information content (AvgIpc) is 2.42. The van der Waals surface area contributed by atoms with E-state index >= 15 is 0 Å². The minimum atomic E-state index is 0.0941. The van der Waals surface area contributed by atoms with Crippen LogP contribution in [0.1, 0.15) is 39.5 Å². The summed E-state index contributed by atoms with van der Waals surface area (Å²) >= 11 is 0. The molecule has 116 valence electrons. The van der Waals surface area contributed by atoms with Crippen molar-refractivity contribution < 1.29 is 9.59 Å². The molecular weight excluding hydrogens is 254 g/mol. The maximum absolute atomic E-state index is 12.1. The van der Waals surface area contributed by atoms with Gasteiger partial charge in [-0.2, -0.15) is 0 Å². The lowest BCUT2D eigenvalue weighted by molar-refractivity contribution is -0.139. The molecule has 0 atom stereocenters. The summed E-state index contributed by atoms with van der Waals surface area (Å²) in [4.78, 5) is 27.5. The molecule has 0 aliphatic carbocycles. The lowest BCUT2D eigenvalue weighted by Crippen LogP contribution is -2.42. The summed E-state index contributed by atoms with van der Waals surface area (Å²) in [6.45, 7) is 6.54. The highest BCUT2D eigenvalue weighted by Gasteiger charge is 2.27. The number of nitrogens with one attached hydrogen (secondary N) is 1. The van der Waals surface area contributed by atoms with E-state index in [0.717, 1.165) is 38.9 Å². The molecule has 0 radical (unpaired) electrons. The van der Waals surface area contributed by atoms with E-state index in [2.05, 4.69) is 19.2 Å². The summed E-state index contributed by atoms with van der Waals surface area (Å²) in [5, 5.41) is 3.32. The predicted molar refractivity (Wildman–Crippen MR) is 80.4 cm³/mol. The van der Waals surface area contributed by atoms with Crippen LogP contribution in [0.25, 0.3) is 0 Å². The fraction of sp³-hybridized carbons (Fsp3) is 0.867. The molecule has 20 heavy (non-hydrogen) atoms. The molecule has 1 saturated heterocycles. The largest absolute Gasteiger partial charge is 0.349 e. The molecule has 5 nitrogen and oxygen atoms in total. The monoisotopic (exact) mass is 283 g/mol. The second-order valence-corrected chi connectivity index (χ2v) is 6.10. The van der Waals surface area contributed by atoms with Crippen LogP contribution < -0.4 is 5.32 Å². The number of carbonyl (C=O) groups excluding carboxylic acids is 2. The van der Waals surface area contributed by atoms with Gasteiger partial charge in [-0.25, -0.2) is 0 Å². The minimum absolute atomic E-state index is 0.0941. The van der Waals surface area contributed by atoms with Crippen LogP contribution in [0.2, 0.25) is 0 Å². The summed E-state index contributed by atoms with van der Waals surface area (Å²) in [6, 6.07) is 0.470. The molecule has 0 aromatic carbocycles. The third-order valence-corrected chi connectivity index (χ3v) is 3.76. The van der Waals surface area contributed by atoms with Gasteiger partial charge in [0.15, 0.2) is 0 Å². The molecular formula is C15H29N3O2. The van der Waals surface area contributed by atoms with E-state index in [9.17, 15) is 9.59 Å². The topological polar surface area (TPSA) is 52.7 Å². The molecule has 0 spiro atoms. The number of carbonyl (C=O) groups is 2. The standard InChI is InChI=1S/C15H29N3O2/c1-12(2)16-9-5-6-14(19)18-10-7-13(8-11-18)15(20)17(3)4/h12-13,16H,5-11H2,1-4H3. The van der Waals surface area contributed by atoms with Crippen molar-refractivity contribution in [2.75, 3.05) is 33.7 Å². The highest BCUT2D eigenvalue weighted by atomic mass is 16.2. The minimum Gasteiger partial charge on any atom is -0.349 e. The molecule has 1 aliphatic rings. The number of hydrogen-bond acceptors (Lipinski definition) is 3. The van der Waals surface area contributed by atoms with Gasteiger partial charge in [0.05, 0.1) is 0 Å². The molecule has 0 unspecified atom stereocenters. The highest BCUT2D eigenvalue weighted by Crippen LogP contribution is 2.19. The summed E-state index contributed by atoms with van der Waals surface area (Å²) in [6.07, 6.45) is 3.08. The number of amides is 2. The molecule has 2 amide bonds. The van der Waals surface area contributed by atoms with E-state index in [-0.39, 0.29) is 17.7 Å². The highest BCUT2D eigenvalue weighted by molar-refractivity contribution is 5.79. The Bertz CT molecular complexity index is 321. The van der Waals surface area contributed by atoms with Gasteiger partial charge in [0.1, 0.15) is 0 Å². The Kier molecular flexibility index (Phi) is 6.99. The number of piperidine rings is 1. The number of likely N-dealkylation sites (tertiary alicyclic amines) is 1. The molecule has 1 fully saturated rings. The summed E-state index contributed by atoms with van der Waals surface area (Å²) in [7, 11) is 3.59. The van der Waals surface area contributed by atoms with Crippen LogP contribution in [-0.4, -0.2) is 61.4 Å². The fourth-order valence-electron chi connectivity index (χ4n) is 2.53. The predicted octanol–water partition coefficient (Wildman–Crippen LogP) is 1.09. The molecule has 1 rings (SSSR count). The Morgan fingerprint density at radius 1 is 1.25 bits per heavy atom. The number of rotatable bonds is 6. The van der Waals surface area contributed by atoms with Gasteiger partial charge in [-0.15, -0.1) is 0 Å². The van der Waals surface area contributed by atoms with Gasteiger partial charge in [-0.3, -0.25) is 9.59 Å². The lowest BCUT2D eigenvalue weighted by atomic mass is 9.95. The number of nitrogens with zero attached hydrogens (tertiary/aromatic N) is 2. The van der Waals surface area contributed by atoms with Crippen LogP contribution in [-0.2, 0) is 9.59 Å². The van der Waals surface area contributed by atoms with E-state index in [1.807, 2.05) is 4.90 Å². The van der Waals surface area contributed by atoms with Crippen molar-refractivity contribution in [3.63, 3.8) is 0 Å². The van der Waals surface area contributed by atoms with Crippen LogP contribution >= 0.6 is 0 Å². The first kappa shape index (κ1) is 17.0. The van der Waals surface area contributed by atoms with Crippen molar-refractivity contribution in [1.29, 1.82) is 0 Å². The molecule has 0 aromatic heterocycles. The van der Waals surface area contributed by atoms with E-state index in [1.54, 1.807) is 19.0 Å². The van der Waals surface area contributed by atoms with Crippen molar-refractivity contribution in [3.05, 3.63) is 0 Å². The summed E-state index contributed by atoms with van der Waals surface area (Å²) in [5.74, 6) is 0.515. The Morgan fingerprint density at radius 2 is 1.85 bits per heavy atom. The van der Waals surface area contributed by atoms with Crippen LogP contribution in [0.15, 0.2) is 0 Å². The van der Waals surface area contributed by atoms with Crippen molar-refractivity contribution >= 4 is 11.8 Å². The zero-order valence-corrected chi connectivity index (χ0v) is 13.3. The smallest absolute Gasteiger partial charge is 0.225 e. The van der Waals surface area contributed by atoms with Crippen LogP contribution in [0.3, 0.4) is 0 Å². The van der Waals surface area contributed by atoms with Crippen molar-refractivity contribution in [3.8, 4) is 0 Å². The first-order valence-electron chi connectivity index (χ1n) is 7.64. The summed E-state index contributed by atoms with van der Waals surface area (Å²) < 4.78 is 0. The Balaban J connectivity index is 2.24. The third kappa shape index (κ3) is 5.49. The maximum atomic E-state index is 12.1. The number of hydrogen-bond donors (Lipinski definition) is 1. The van der Waals surface area contributed by atoms with E-state index in [1.165, 1.54) is 0 Å². The first-order chi connectivity index (χ1) is 9.41. The molecule has 0 bridgehead atoms. The zero-order chi connectivity index (χ0) is 15.1. The Hall–Kier alpha value is -1.10. The van der Waals surface area contributed by atoms with E-state index in [4.69, 9.17) is 0 Å². The van der Waals surface area contributed by atoms with Crippen LogP contribution in [0, 0.1) is 5.92 Å². The molecule has 0 aromatic rings. The SMILES string of the molecule is CC(C)NCCCC(=O)N1CCC(C(=O)N(C)C)CC1. The molecule has 1 aliphatic heterocycles. The second-order valence-electron chi connectivity index (χ2n) is 6.10. The maximum Gasteiger partial charge on any atom is 0.225 e. The van der Waals surface area contributed by atoms with E-state index in [0.29, 0.717) is 12.5 Å². The lowest BCUT2D eigenvalue weighted by Gasteiger charge is -2.32. The third-order valence-electron chi connectivity index (χ3n) is 3.76. The van der Waals surface area contributed by atoms with Gasteiger partial charge in [0.25, 0.3) is 0 Å². The summed E-state index contributed by atoms with van der Waals surface area (Å²) in [5.41, 5.74) is 0. The van der Waals surface area contributed by atoms with Crippen LogP contribution in [0.4, 0.5) is 0 Å². The molecule has 1 N–H and O–H groups in total. The molecule has 5 heteroatoms. The first-order valence-corrected chi connectivity index (χ1v) is 7.64. The zero-order valence-electron chi connectivity index (χ0n) is 13.3. The molecule has 1 heterocycles. The van der Waals surface area contributed by atoms with Gasteiger partial charge in [0.2, 0.25) is 11.8 Å². The Morgan fingerprint density at radius 3 is 2.35 bits per heavy atom. The Labute approximate surface area is 122 Å². The quantitative estimate of drug-likeness (QED) is 0.743. The molecule has 0 saturated carbocycles. The van der Waals surface area contributed by atoms with Crippen molar-refractivity contribution in [1.82, 2.24) is 15.1 Å². The normalized spacial score (nSPS) is 16.6. The van der Waals surface area contributed by atoms with Gasteiger partial charge in [0, 0.05) is 45.6 Å². The second kappa shape index (κ2) is 8.25. The van der Waals surface area contributed by atoms with Crippen molar-refractivity contribution in [2.24, 2.45) is 5.92 Å². The van der Waals surface area contributed by atoms with Gasteiger partial charge < -0.3 is 15.1 Å². The van der Waals surface area contributed by atoms with Gasteiger partial charge in [-0.1, -0.05) is 13.8 Å². The van der Waals surface area contributed by atoms with Gasteiger partial charge in [-0.05, 0) is 25.8 Å². The van der Waals surface area contributed by atoms with Crippen LogP contribution in [0.5, 0.6) is 0 Å². The average molecular weight is 283 g/mol. The van der Waals surface area contributed by atoms with E-state index < -0.39 is 0 Å². The fourth-order valence-corrected chi connectivity index (χ4v) is 2.53.